The van der Waals surface area contributed by atoms with E-state index in [1.807, 2.05) is 43.3 Å². The van der Waals surface area contributed by atoms with E-state index in [-0.39, 0.29) is 11.9 Å². The third-order valence-electron chi connectivity index (χ3n) is 5.71. The average molecular weight is 439 g/mol. The number of anilines is 3. The summed E-state index contributed by atoms with van der Waals surface area (Å²) in [6, 6.07) is 12.8. The number of methoxy groups -OCH3 is 1. The number of amides is 3. The second-order valence-electron chi connectivity index (χ2n) is 8.45. The van der Waals surface area contributed by atoms with Crippen molar-refractivity contribution in [2.45, 2.75) is 33.1 Å². The van der Waals surface area contributed by atoms with Crippen molar-refractivity contribution < 1.29 is 14.3 Å². The van der Waals surface area contributed by atoms with Gasteiger partial charge in [-0.2, -0.15) is 0 Å². The summed E-state index contributed by atoms with van der Waals surface area (Å²) in [5.74, 6) is 0.557. The average Bonchev–Trinajstić information content (AvgIpc) is 2.77. The minimum absolute atomic E-state index is 0.141. The molecular formula is C25H34N4O3. The van der Waals surface area contributed by atoms with Crippen molar-refractivity contribution in [3.8, 4) is 0 Å². The Hall–Kier alpha value is -3.06. The fourth-order valence-corrected chi connectivity index (χ4v) is 3.85. The van der Waals surface area contributed by atoms with Gasteiger partial charge in [0.15, 0.2) is 0 Å². The van der Waals surface area contributed by atoms with E-state index in [1.54, 1.807) is 13.2 Å². The molecule has 0 radical (unpaired) electrons. The maximum Gasteiger partial charge on any atom is 0.323 e. The molecule has 0 bridgehead atoms. The Kier molecular flexibility index (Phi) is 8.50. The zero-order chi connectivity index (χ0) is 22.9. The van der Waals surface area contributed by atoms with Gasteiger partial charge in [-0.05, 0) is 68.0 Å². The highest BCUT2D eigenvalue weighted by atomic mass is 16.5. The number of nitrogens with one attached hydrogen (secondary N) is 3. The van der Waals surface area contributed by atoms with Gasteiger partial charge in [0.05, 0.1) is 5.56 Å². The maximum absolute atomic E-state index is 13.0. The molecule has 7 nitrogen and oxygen atoms in total. The molecule has 3 N–H and O–H groups in total. The van der Waals surface area contributed by atoms with Crippen molar-refractivity contribution in [3.63, 3.8) is 0 Å². The highest BCUT2D eigenvalue weighted by Crippen LogP contribution is 2.29. The van der Waals surface area contributed by atoms with E-state index in [0.29, 0.717) is 30.3 Å². The van der Waals surface area contributed by atoms with Crippen LogP contribution in [0.2, 0.25) is 0 Å². The third kappa shape index (κ3) is 6.72. The zero-order valence-corrected chi connectivity index (χ0v) is 19.2. The minimum Gasteiger partial charge on any atom is -0.385 e. The number of aryl methyl sites for hydroxylation is 1. The number of carbonyl (C=O) groups is 2. The van der Waals surface area contributed by atoms with Crippen molar-refractivity contribution in [2.24, 2.45) is 5.92 Å². The molecule has 1 fully saturated rings. The lowest BCUT2D eigenvalue weighted by Crippen LogP contribution is -2.35. The molecule has 1 saturated heterocycles. The highest BCUT2D eigenvalue weighted by molar-refractivity contribution is 6.04. The highest BCUT2D eigenvalue weighted by Gasteiger charge is 2.22. The standard InChI is InChI=1S/C25H34N4O3/c1-18-10-13-29(14-11-18)23-9-8-21(17-22(23)24(30)26-12-5-15-32-3)28-25(31)27-20-7-4-6-19(2)16-20/h4,6-9,16-18H,5,10-15H2,1-3H3,(H,26,30)(H2,27,28,31). The monoisotopic (exact) mass is 438 g/mol. The molecule has 0 spiro atoms. The predicted octanol–water partition coefficient (Wildman–Crippen LogP) is 4.64. The van der Waals surface area contributed by atoms with Gasteiger partial charge in [0.25, 0.3) is 5.91 Å². The summed E-state index contributed by atoms with van der Waals surface area (Å²) in [6.45, 7) is 7.21. The van der Waals surface area contributed by atoms with Crippen LogP contribution < -0.4 is 20.9 Å². The van der Waals surface area contributed by atoms with Gasteiger partial charge < -0.3 is 25.6 Å². The Morgan fingerprint density at radius 1 is 1.06 bits per heavy atom. The second-order valence-corrected chi connectivity index (χ2v) is 8.45. The van der Waals surface area contributed by atoms with Crippen LogP contribution in [0.4, 0.5) is 21.9 Å². The number of carbonyl (C=O) groups excluding carboxylic acids is 2. The van der Waals surface area contributed by atoms with Gasteiger partial charge in [-0.25, -0.2) is 4.79 Å². The SMILES string of the molecule is COCCCNC(=O)c1cc(NC(=O)Nc2cccc(C)c2)ccc1N1CCC(C)CC1. The van der Waals surface area contributed by atoms with E-state index < -0.39 is 0 Å². The number of piperidine rings is 1. The summed E-state index contributed by atoms with van der Waals surface area (Å²) < 4.78 is 5.06. The fraction of sp³-hybridized carbons (Fsp3) is 0.440. The van der Waals surface area contributed by atoms with Crippen LogP contribution in [-0.4, -0.2) is 45.3 Å². The van der Waals surface area contributed by atoms with E-state index in [4.69, 9.17) is 4.74 Å². The second kappa shape index (κ2) is 11.5. The fourth-order valence-electron chi connectivity index (χ4n) is 3.85. The van der Waals surface area contributed by atoms with Crippen molar-refractivity contribution in [3.05, 3.63) is 53.6 Å². The van der Waals surface area contributed by atoms with Crippen molar-refractivity contribution in [1.29, 1.82) is 0 Å². The van der Waals surface area contributed by atoms with Gasteiger partial charge in [-0.1, -0.05) is 19.1 Å². The van der Waals surface area contributed by atoms with Crippen LogP contribution in [0, 0.1) is 12.8 Å². The molecule has 1 aliphatic heterocycles. The van der Waals surface area contributed by atoms with Crippen molar-refractivity contribution >= 4 is 29.0 Å². The number of rotatable bonds is 8. The molecule has 7 heteroatoms. The molecule has 3 rings (SSSR count). The smallest absolute Gasteiger partial charge is 0.323 e. The number of ether oxygens (including phenoxy) is 1. The molecule has 0 atom stereocenters. The first-order valence-corrected chi connectivity index (χ1v) is 11.3. The molecule has 172 valence electrons. The Morgan fingerprint density at radius 2 is 1.78 bits per heavy atom. The molecule has 32 heavy (non-hydrogen) atoms. The van der Waals surface area contributed by atoms with Crippen LogP contribution in [0.5, 0.6) is 0 Å². The van der Waals surface area contributed by atoms with Gasteiger partial charge in [0.2, 0.25) is 0 Å². The molecule has 3 amide bonds. The Labute approximate surface area is 190 Å². The molecule has 0 saturated carbocycles. The summed E-state index contributed by atoms with van der Waals surface area (Å²) in [6.07, 6.45) is 2.96. The lowest BCUT2D eigenvalue weighted by molar-refractivity contribution is 0.0949. The van der Waals surface area contributed by atoms with E-state index in [1.165, 1.54) is 0 Å². The molecule has 1 aliphatic rings. The van der Waals surface area contributed by atoms with E-state index in [9.17, 15) is 9.59 Å². The quantitative estimate of drug-likeness (QED) is 0.524. The number of nitrogens with zero attached hydrogens (tertiary/aromatic N) is 1. The van der Waals surface area contributed by atoms with Crippen LogP contribution in [-0.2, 0) is 4.74 Å². The van der Waals surface area contributed by atoms with Gasteiger partial charge in [0, 0.05) is 50.4 Å². The normalized spacial score (nSPS) is 14.2. The van der Waals surface area contributed by atoms with Gasteiger partial charge >= 0.3 is 6.03 Å². The lowest BCUT2D eigenvalue weighted by Gasteiger charge is -2.33. The summed E-state index contributed by atoms with van der Waals surface area (Å²) in [7, 11) is 1.65. The first-order valence-electron chi connectivity index (χ1n) is 11.3. The van der Waals surface area contributed by atoms with Crippen molar-refractivity contribution in [1.82, 2.24) is 5.32 Å². The largest absolute Gasteiger partial charge is 0.385 e. The zero-order valence-electron chi connectivity index (χ0n) is 19.2. The van der Waals surface area contributed by atoms with E-state index >= 15 is 0 Å². The Balaban J connectivity index is 1.75. The lowest BCUT2D eigenvalue weighted by atomic mass is 9.98. The number of urea groups is 1. The van der Waals surface area contributed by atoms with Crippen LogP contribution in [0.15, 0.2) is 42.5 Å². The van der Waals surface area contributed by atoms with Crippen LogP contribution >= 0.6 is 0 Å². The molecule has 0 aliphatic carbocycles. The number of hydrogen-bond donors (Lipinski definition) is 3. The van der Waals surface area contributed by atoms with Crippen molar-refractivity contribution in [2.75, 3.05) is 48.9 Å². The minimum atomic E-state index is -0.346. The van der Waals surface area contributed by atoms with E-state index in [2.05, 4.69) is 27.8 Å². The molecule has 0 unspecified atom stereocenters. The number of hydrogen-bond acceptors (Lipinski definition) is 4. The van der Waals surface area contributed by atoms with E-state index in [0.717, 1.165) is 49.3 Å². The molecular weight excluding hydrogens is 404 g/mol. The first kappa shape index (κ1) is 23.6. The first-order chi connectivity index (χ1) is 15.5. The van der Waals surface area contributed by atoms with Crippen LogP contribution in [0.25, 0.3) is 0 Å². The molecule has 0 aromatic heterocycles. The third-order valence-corrected chi connectivity index (χ3v) is 5.71. The number of benzene rings is 2. The summed E-state index contributed by atoms with van der Waals surface area (Å²) in [5, 5.41) is 8.66. The van der Waals surface area contributed by atoms with Gasteiger partial charge in [-0.15, -0.1) is 0 Å². The van der Waals surface area contributed by atoms with Gasteiger partial charge in [0.1, 0.15) is 0 Å². The molecule has 1 heterocycles. The predicted molar refractivity (Wildman–Crippen MR) is 130 cm³/mol. The maximum atomic E-state index is 13.0. The summed E-state index contributed by atoms with van der Waals surface area (Å²) in [5.41, 5.74) is 3.84. The Bertz CT molecular complexity index is 923. The van der Waals surface area contributed by atoms with Gasteiger partial charge in [-0.3, -0.25) is 4.79 Å². The summed E-state index contributed by atoms with van der Waals surface area (Å²) >= 11 is 0. The van der Waals surface area contributed by atoms with Crippen LogP contribution in [0.1, 0.15) is 42.1 Å². The Morgan fingerprint density at radius 3 is 2.47 bits per heavy atom. The summed E-state index contributed by atoms with van der Waals surface area (Å²) in [4.78, 5) is 27.8. The topological polar surface area (TPSA) is 82.7 Å². The molecule has 2 aromatic rings. The van der Waals surface area contributed by atoms with Crippen LogP contribution in [0.3, 0.4) is 0 Å². The molecule has 2 aromatic carbocycles.